The van der Waals surface area contributed by atoms with Gasteiger partial charge in [-0.25, -0.2) is 0 Å². The lowest BCUT2D eigenvalue weighted by molar-refractivity contribution is 0.0780. The highest BCUT2D eigenvalue weighted by molar-refractivity contribution is 9.10. The van der Waals surface area contributed by atoms with E-state index in [9.17, 15) is 4.79 Å². The van der Waals surface area contributed by atoms with Gasteiger partial charge in [0.2, 0.25) is 0 Å². The van der Waals surface area contributed by atoms with Crippen LogP contribution in [0.5, 0.6) is 0 Å². The smallest absolute Gasteiger partial charge is 0.273 e. The molecule has 1 aliphatic heterocycles. The molecular weight excluding hydrogens is 344 g/mol. The van der Waals surface area contributed by atoms with Crippen LogP contribution in [0.3, 0.4) is 0 Å². The molecule has 1 fully saturated rings. The van der Waals surface area contributed by atoms with E-state index in [0.29, 0.717) is 11.6 Å². The topological polar surface area (TPSA) is 61.0 Å². The molecule has 5 nitrogen and oxygen atoms in total. The highest BCUT2D eigenvalue weighted by atomic mass is 79.9. The summed E-state index contributed by atoms with van der Waals surface area (Å²) in [5.41, 5.74) is 2.29. The molecule has 1 saturated heterocycles. The van der Waals surface area contributed by atoms with Crippen molar-refractivity contribution in [3.05, 3.63) is 40.5 Å². The summed E-state index contributed by atoms with van der Waals surface area (Å²) in [5, 5.41) is 10.4. The number of rotatable bonds is 4. The largest absolute Gasteiger partial charge is 0.337 e. The zero-order chi connectivity index (χ0) is 15.5. The first-order valence-corrected chi connectivity index (χ1v) is 8.23. The fourth-order valence-electron chi connectivity index (χ4n) is 2.89. The van der Waals surface area contributed by atoms with Gasteiger partial charge in [0.25, 0.3) is 5.91 Å². The summed E-state index contributed by atoms with van der Waals surface area (Å²) in [4.78, 5) is 14.6. The molecule has 0 aliphatic carbocycles. The molecule has 2 heterocycles. The molecule has 2 N–H and O–H groups in total. The number of halogens is 1. The molecule has 1 aliphatic rings. The number of benzene rings is 1. The Morgan fingerprint density at radius 1 is 1.45 bits per heavy atom. The van der Waals surface area contributed by atoms with Gasteiger partial charge in [-0.05, 0) is 41.9 Å². The van der Waals surface area contributed by atoms with Crippen LogP contribution in [0, 0.1) is 5.92 Å². The molecule has 1 aromatic carbocycles. The van der Waals surface area contributed by atoms with Crippen molar-refractivity contribution in [1.82, 2.24) is 20.4 Å². The number of likely N-dealkylation sites (tertiary alicyclic amines) is 1. The van der Waals surface area contributed by atoms with Crippen LogP contribution in [0.1, 0.15) is 16.9 Å². The van der Waals surface area contributed by atoms with E-state index in [4.69, 9.17) is 0 Å². The molecule has 1 aromatic heterocycles. The molecule has 1 unspecified atom stereocenters. The Balaban J connectivity index is 1.79. The Morgan fingerprint density at radius 2 is 2.23 bits per heavy atom. The third-order valence-corrected chi connectivity index (χ3v) is 4.81. The highest BCUT2D eigenvalue weighted by Gasteiger charge is 2.29. The number of aromatic nitrogens is 2. The van der Waals surface area contributed by atoms with Crippen LogP contribution in [0.2, 0.25) is 0 Å². The van der Waals surface area contributed by atoms with Crippen LogP contribution in [-0.4, -0.2) is 47.7 Å². The predicted molar refractivity (Wildman–Crippen MR) is 89.7 cm³/mol. The maximum Gasteiger partial charge on any atom is 0.273 e. The number of nitrogens with zero attached hydrogens (tertiary/aromatic N) is 2. The Labute approximate surface area is 138 Å². The number of hydrogen-bond acceptors (Lipinski definition) is 3. The third-order valence-electron chi connectivity index (χ3n) is 4.03. The standard InChI is InChI=1S/C16H19BrN4O/c1-18-9-11-7-8-21(10-11)16(22)15-13(17)14(19-20-15)12-5-3-2-4-6-12/h2-6,11,18H,7-10H2,1H3,(H,19,20). The molecule has 0 bridgehead atoms. The zero-order valence-corrected chi connectivity index (χ0v) is 14.1. The lowest BCUT2D eigenvalue weighted by Crippen LogP contribution is -2.30. The monoisotopic (exact) mass is 362 g/mol. The van der Waals surface area contributed by atoms with Gasteiger partial charge in [0.05, 0.1) is 4.47 Å². The molecule has 1 amide bonds. The van der Waals surface area contributed by atoms with Crippen LogP contribution in [0.25, 0.3) is 11.3 Å². The zero-order valence-electron chi connectivity index (χ0n) is 12.5. The summed E-state index contributed by atoms with van der Waals surface area (Å²) < 4.78 is 0.737. The number of carbonyl (C=O) groups excluding carboxylic acids is 1. The van der Waals surface area contributed by atoms with Gasteiger partial charge in [-0.15, -0.1) is 0 Å². The van der Waals surface area contributed by atoms with Crippen LogP contribution in [-0.2, 0) is 0 Å². The van der Waals surface area contributed by atoms with E-state index >= 15 is 0 Å². The number of aromatic amines is 1. The number of nitrogens with one attached hydrogen (secondary N) is 2. The minimum Gasteiger partial charge on any atom is -0.337 e. The summed E-state index contributed by atoms with van der Waals surface area (Å²) in [6.07, 6.45) is 1.05. The van der Waals surface area contributed by atoms with Crippen molar-refractivity contribution >= 4 is 21.8 Å². The maximum absolute atomic E-state index is 12.7. The predicted octanol–water partition coefficient (Wildman–Crippen LogP) is 2.52. The van der Waals surface area contributed by atoms with Crippen molar-refractivity contribution in [2.75, 3.05) is 26.7 Å². The normalized spacial score (nSPS) is 17.9. The fraction of sp³-hybridized carbons (Fsp3) is 0.375. The number of amides is 1. The van der Waals surface area contributed by atoms with Crippen LogP contribution in [0.15, 0.2) is 34.8 Å². The summed E-state index contributed by atoms with van der Waals surface area (Å²) in [7, 11) is 1.95. The first-order valence-electron chi connectivity index (χ1n) is 7.44. The van der Waals surface area contributed by atoms with Crippen molar-refractivity contribution in [3.63, 3.8) is 0 Å². The number of H-pyrrole nitrogens is 1. The van der Waals surface area contributed by atoms with Gasteiger partial charge in [-0.2, -0.15) is 5.10 Å². The highest BCUT2D eigenvalue weighted by Crippen LogP contribution is 2.30. The molecule has 116 valence electrons. The molecule has 6 heteroatoms. The maximum atomic E-state index is 12.7. The number of hydrogen-bond donors (Lipinski definition) is 2. The Hall–Kier alpha value is -1.66. The average Bonchev–Trinajstić information content (AvgIpc) is 3.15. The van der Waals surface area contributed by atoms with Crippen molar-refractivity contribution in [1.29, 1.82) is 0 Å². The van der Waals surface area contributed by atoms with Crippen LogP contribution < -0.4 is 5.32 Å². The van der Waals surface area contributed by atoms with E-state index in [0.717, 1.165) is 41.8 Å². The van der Waals surface area contributed by atoms with Crippen molar-refractivity contribution < 1.29 is 4.79 Å². The summed E-state index contributed by atoms with van der Waals surface area (Å²) in [5.74, 6) is 0.546. The van der Waals surface area contributed by atoms with Crippen LogP contribution in [0.4, 0.5) is 0 Å². The molecule has 0 radical (unpaired) electrons. The Bertz CT molecular complexity index is 655. The second kappa shape index (κ2) is 6.62. The summed E-state index contributed by atoms with van der Waals surface area (Å²) in [6, 6.07) is 9.84. The van der Waals surface area contributed by atoms with E-state index in [1.807, 2.05) is 42.3 Å². The second-order valence-corrected chi connectivity index (χ2v) is 6.38. The molecular formula is C16H19BrN4O. The van der Waals surface area contributed by atoms with E-state index in [2.05, 4.69) is 31.4 Å². The average molecular weight is 363 g/mol. The van der Waals surface area contributed by atoms with Gasteiger partial charge in [-0.3, -0.25) is 9.89 Å². The molecule has 22 heavy (non-hydrogen) atoms. The van der Waals surface area contributed by atoms with Gasteiger partial charge in [0.1, 0.15) is 11.4 Å². The van der Waals surface area contributed by atoms with Gasteiger partial charge in [0, 0.05) is 18.7 Å². The van der Waals surface area contributed by atoms with Crippen molar-refractivity contribution in [3.8, 4) is 11.3 Å². The van der Waals surface area contributed by atoms with E-state index in [1.165, 1.54) is 0 Å². The van der Waals surface area contributed by atoms with E-state index in [-0.39, 0.29) is 5.91 Å². The Kier molecular flexibility index (Phi) is 4.59. The molecule has 0 saturated carbocycles. The van der Waals surface area contributed by atoms with Crippen molar-refractivity contribution in [2.45, 2.75) is 6.42 Å². The SMILES string of the molecule is CNCC1CCN(C(=O)c2[nH]nc(-c3ccccc3)c2Br)C1. The van der Waals surface area contributed by atoms with Crippen LogP contribution >= 0.6 is 15.9 Å². The quantitative estimate of drug-likeness (QED) is 0.878. The molecule has 0 spiro atoms. The molecule has 2 aromatic rings. The second-order valence-electron chi connectivity index (χ2n) is 5.59. The van der Waals surface area contributed by atoms with Crippen molar-refractivity contribution in [2.24, 2.45) is 5.92 Å². The van der Waals surface area contributed by atoms with E-state index < -0.39 is 0 Å². The first kappa shape index (κ1) is 15.2. The third kappa shape index (κ3) is 2.94. The fourth-order valence-corrected chi connectivity index (χ4v) is 3.46. The van der Waals surface area contributed by atoms with Gasteiger partial charge >= 0.3 is 0 Å². The molecule has 1 atom stereocenters. The van der Waals surface area contributed by atoms with Gasteiger partial charge in [0.15, 0.2) is 0 Å². The lowest BCUT2D eigenvalue weighted by Gasteiger charge is -2.15. The van der Waals surface area contributed by atoms with E-state index in [1.54, 1.807) is 0 Å². The summed E-state index contributed by atoms with van der Waals surface area (Å²) in [6.45, 7) is 2.55. The first-order chi connectivity index (χ1) is 10.7. The number of carbonyl (C=O) groups is 1. The van der Waals surface area contributed by atoms with Gasteiger partial charge < -0.3 is 10.2 Å². The Morgan fingerprint density at radius 3 is 2.95 bits per heavy atom. The molecule has 3 rings (SSSR count). The summed E-state index contributed by atoms with van der Waals surface area (Å²) >= 11 is 3.53. The van der Waals surface area contributed by atoms with Gasteiger partial charge in [-0.1, -0.05) is 30.3 Å². The minimum absolute atomic E-state index is 0.0140. The lowest BCUT2D eigenvalue weighted by atomic mass is 10.1. The minimum atomic E-state index is 0.0140.